The van der Waals surface area contributed by atoms with E-state index < -0.39 is 5.97 Å². The van der Waals surface area contributed by atoms with E-state index >= 15 is 0 Å². The van der Waals surface area contributed by atoms with Crippen LogP contribution in [0.2, 0.25) is 0 Å². The molecule has 2 N–H and O–H groups in total. The van der Waals surface area contributed by atoms with Gasteiger partial charge in [0.25, 0.3) is 5.91 Å². The number of para-hydroxylation sites is 1. The van der Waals surface area contributed by atoms with Crippen molar-refractivity contribution in [3.8, 4) is 11.5 Å². The molecule has 0 atom stereocenters. The predicted molar refractivity (Wildman–Crippen MR) is 117 cm³/mol. The number of carboxylic acid groups (broad SMARTS) is 1. The van der Waals surface area contributed by atoms with Crippen LogP contribution in [-0.4, -0.2) is 45.3 Å². The number of carbonyl (C=O) groups excluding carboxylic acids is 1. The Kier molecular flexibility index (Phi) is 6.58. The van der Waals surface area contributed by atoms with Crippen molar-refractivity contribution < 1.29 is 24.5 Å². The number of nitrogens with zero attached hydrogens (tertiary/aromatic N) is 2. The minimum absolute atomic E-state index is 0.0187. The maximum Gasteiger partial charge on any atom is 0.337 e. The van der Waals surface area contributed by atoms with Crippen LogP contribution in [0.1, 0.15) is 22.8 Å². The largest absolute Gasteiger partial charge is 0.504 e. The van der Waals surface area contributed by atoms with Crippen LogP contribution in [0, 0.1) is 0 Å². The number of rotatable bonds is 7. The van der Waals surface area contributed by atoms with Crippen LogP contribution in [0.3, 0.4) is 0 Å². The summed E-state index contributed by atoms with van der Waals surface area (Å²) in [4.78, 5) is 30.7. The first-order valence-electron chi connectivity index (χ1n) is 9.13. The quantitative estimate of drug-likeness (QED) is 0.508. The molecule has 0 radical (unpaired) electrons. The van der Waals surface area contributed by atoms with Gasteiger partial charge in [-0.25, -0.2) is 9.79 Å². The summed E-state index contributed by atoms with van der Waals surface area (Å²) in [6.45, 7) is 6.12. The molecule has 0 spiro atoms. The summed E-state index contributed by atoms with van der Waals surface area (Å²) in [7, 11) is 0. The number of phenols is 1. The molecule has 3 rings (SSSR count). The van der Waals surface area contributed by atoms with Crippen LogP contribution in [0.5, 0.6) is 11.5 Å². The first-order valence-corrected chi connectivity index (χ1v) is 9.95. The number of carboxylic acids is 1. The van der Waals surface area contributed by atoms with Crippen molar-refractivity contribution in [2.45, 2.75) is 6.92 Å². The Bertz CT molecular complexity index is 1060. The molecule has 1 aliphatic rings. The lowest BCUT2D eigenvalue weighted by Gasteiger charge is -2.13. The summed E-state index contributed by atoms with van der Waals surface area (Å²) in [6, 6.07) is 11.2. The van der Waals surface area contributed by atoms with Gasteiger partial charge in [0.2, 0.25) is 0 Å². The van der Waals surface area contributed by atoms with Crippen molar-refractivity contribution in [3.63, 3.8) is 0 Å². The molecule has 0 saturated carbocycles. The summed E-state index contributed by atoms with van der Waals surface area (Å²) in [5.74, 6) is -1.01. The summed E-state index contributed by atoms with van der Waals surface area (Å²) >= 11 is 1.14. The normalized spacial score (nSPS) is 16.3. The minimum atomic E-state index is -1.09. The van der Waals surface area contributed by atoms with Crippen LogP contribution in [0.25, 0.3) is 6.08 Å². The maximum atomic E-state index is 12.9. The molecular formula is C22H20N2O5S. The Hall–Kier alpha value is -3.52. The smallest absolute Gasteiger partial charge is 0.337 e. The highest BCUT2D eigenvalue weighted by Gasteiger charge is 2.33. The van der Waals surface area contributed by atoms with Gasteiger partial charge in [-0.3, -0.25) is 9.69 Å². The first kappa shape index (κ1) is 21.2. The van der Waals surface area contributed by atoms with E-state index in [4.69, 9.17) is 4.74 Å². The third kappa shape index (κ3) is 4.55. The Morgan fingerprint density at radius 3 is 2.77 bits per heavy atom. The fourth-order valence-electron chi connectivity index (χ4n) is 2.78. The predicted octanol–water partition coefficient (Wildman–Crippen LogP) is 4.28. The Labute approximate surface area is 178 Å². The second kappa shape index (κ2) is 9.32. The van der Waals surface area contributed by atoms with Gasteiger partial charge in [-0.1, -0.05) is 24.3 Å². The summed E-state index contributed by atoms with van der Waals surface area (Å²) in [6.07, 6.45) is 3.25. The Morgan fingerprint density at radius 2 is 2.07 bits per heavy atom. The lowest BCUT2D eigenvalue weighted by Crippen LogP contribution is -2.29. The number of hydrogen-bond donors (Lipinski definition) is 2. The van der Waals surface area contributed by atoms with Gasteiger partial charge in [0.15, 0.2) is 16.7 Å². The maximum absolute atomic E-state index is 12.9. The van der Waals surface area contributed by atoms with Crippen molar-refractivity contribution in [3.05, 3.63) is 71.2 Å². The van der Waals surface area contributed by atoms with E-state index in [0.717, 1.165) is 11.8 Å². The standard InChI is InChI=1S/C22H20N2O5S/c1-3-11-24-20(26)19(13-14-9-10-17(25)18(12-14)29-4-2)30-22(24)23-16-8-6-5-7-15(16)21(27)28/h3,5-10,12-13,25H,1,4,11H2,2H3,(H,27,28)/b19-13-,23-22?. The third-order valence-corrected chi connectivity index (χ3v) is 5.14. The highest BCUT2D eigenvalue weighted by atomic mass is 32.2. The monoisotopic (exact) mass is 424 g/mol. The Morgan fingerprint density at radius 1 is 1.30 bits per heavy atom. The van der Waals surface area contributed by atoms with E-state index in [9.17, 15) is 19.8 Å². The average Bonchev–Trinajstić information content (AvgIpc) is 3.00. The molecule has 2 aromatic carbocycles. The van der Waals surface area contributed by atoms with E-state index in [2.05, 4.69) is 11.6 Å². The molecule has 2 aromatic rings. The Balaban J connectivity index is 1.99. The second-order valence-corrected chi connectivity index (χ2v) is 7.20. The SMILES string of the molecule is C=CCN1C(=O)/C(=C/c2ccc(O)c(OCC)c2)SC1=Nc1ccccc1C(=O)O. The average molecular weight is 424 g/mol. The fraction of sp³-hybridized carbons (Fsp3) is 0.136. The molecule has 30 heavy (non-hydrogen) atoms. The molecule has 0 aromatic heterocycles. The number of aromatic hydroxyl groups is 1. The van der Waals surface area contributed by atoms with Gasteiger partial charge in [0.05, 0.1) is 22.8 Å². The molecule has 0 aliphatic carbocycles. The summed E-state index contributed by atoms with van der Waals surface area (Å²) in [5, 5.41) is 19.6. The zero-order chi connectivity index (χ0) is 21.7. The number of phenolic OH excluding ortho intramolecular Hbond substituents is 1. The number of benzene rings is 2. The minimum Gasteiger partial charge on any atom is -0.504 e. The number of amidine groups is 1. The second-order valence-electron chi connectivity index (χ2n) is 6.19. The highest BCUT2D eigenvalue weighted by Crippen LogP contribution is 2.36. The number of thioether (sulfide) groups is 1. The number of aromatic carboxylic acids is 1. The molecule has 1 fully saturated rings. The molecule has 1 saturated heterocycles. The van der Waals surface area contributed by atoms with Gasteiger partial charge in [0, 0.05) is 6.54 Å². The van der Waals surface area contributed by atoms with Crippen LogP contribution in [-0.2, 0) is 4.79 Å². The van der Waals surface area contributed by atoms with E-state index in [0.29, 0.717) is 28.0 Å². The van der Waals surface area contributed by atoms with Crippen LogP contribution >= 0.6 is 11.8 Å². The van der Waals surface area contributed by atoms with Gasteiger partial charge in [-0.2, -0.15) is 0 Å². The van der Waals surface area contributed by atoms with Crippen LogP contribution in [0.15, 0.2) is 65.0 Å². The molecule has 0 bridgehead atoms. The fourth-order valence-corrected chi connectivity index (χ4v) is 3.78. The molecule has 154 valence electrons. The molecule has 8 heteroatoms. The van der Waals surface area contributed by atoms with E-state index in [1.54, 1.807) is 42.5 Å². The van der Waals surface area contributed by atoms with Crippen molar-refractivity contribution >= 4 is 40.6 Å². The number of amides is 1. The molecule has 0 unspecified atom stereocenters. The van der Waals surface area contributed by atoms with E-state index in [-0.39, 0.29) is 29.5 Å². The highest BCUT2D eigenvalue weighted by molar-refractivity contribution is 8.18. The molecule has 1 aliphatic heterocycles. The van der Waals surface area contributed by atoms with E-state index in [1.807, 2.05) is 6.92 Å². The van der Waals surface area contributed by atoms with Crippen molar-refractivity contribution in [1.29, 1.82) is 0 Å². The molecule has 1 amide bonds. The van der Waals surface area contributed by atoms with E-state index in [1.165, 1.54) is 17.0 Å². The third-order valence-electron chi connectivity index (χ3n) is 4.13. The lowest BCUT2D eigenvalue weighted by atomic mass is 10.2. The van der Waals surface area contributed by atoms with Crippen LogP contribution in [0.4, 0.5) is 5.69 Å². The topological polar surface area (TPSA) is 99.4 Å². The van der Waals surface area contributed by atoms with Gasteiger partial charge < -0.3 is 14.9 Å². The van der Waals surface area contributed by atoms with Gasteiger partial charge >= 0.3 is 5.97 Å². The summed E-state index contributed by atoms with van der Waals surface area (Å²) in [5.41, 5.74) is 0.991. The van der Waals surface area contributed by atoms with Gasteiger partial charge in [0.1, 0.15) is 0 Å². The molecule has 1 heterocycles. The van der Waals surface area contributed by atoms with Crippen molar-refractivity contribution in [1.82, 2.24) is 4.90 Å². The molecular weight excluding hydrogens is 404 g/mol. The number of aliphatic imine (C=N–C) groups is 1. The first-order chi connectivity index (χ1) is 14.4. The number of carbonyl (C=O) groups is 2. The summed E-state index contributed by atoms with van der Waals surface area (Å²) < 4.78 is 5.39. The number of ether oxygens (including phenoxy) is 1. The van der Waals surface area contributed by atoms with Crippen LogP contribution < -0.4 is 4.74 Å². The zero-order valence-electron chi connectivity index (χ0n) is 16.2. The zero-order valence-corrected chi connectivity index (χ0v) is 17.1. The molecule has 7 nitrogen and oxygen atoms in total. The van der Waals surface area contributed by atoms with Gasteiger partial charge in [-0.05, 0) is 54.6 Å². The van der Waals surface area contributed by atoms with Crippen molar-refractivity contribution in [2.75, 3.05) is 13.2 Å². The van der Waals surface area contributed by atoms with Gasteiger partial charge in [-0.15, -0.1) is 6.58 Å². The van der Waals surface area contributed by atoms with Crippen molar-refractivity contribution in [2.24, 2.45) is 4.99 Å². The lowest BCUT2D eigenvalue weighted by molar-refractivity contribution is -0.121. The number of hydrogen-bond acceptors (Lipinski definition) is 6.